The second-order valence-corrected chi connectivity index (χ2v) is 10.2. The van der Waals surface area contributed by atoms with E-state index in [2.05, 4.69) is 11.8 Å². The third-order valence-corrected chi connectivity index (χ3v) is 6.70. The maximum atomic E-state index is 12.3. The number of esters is 1. The van der Waals surface area contributed by atoms with Crippen LogP contribution in [0.5, 0.6) is 0 Å². The maximum absolute atomic E-state index is 12.3. The predicted molar refractivity (Wildman–Crippen MR) is 119 cm³/mol. The number of hydrogen-bond acceptors (Lipinski definition) is 3. The molecule has 1 N–H and O–H groups in total. The van der Waals surface area contributed by atoms with Crippen molar-refractivity contribution in [2.45, 2.75) is 71.3 Å². The van der Waals surface area contributed by atoms with Gasteiger partial charge in [-0.25, -0.2) is 0 Å². The summed E-state index contributed by atoms with van der Waals surface area (Å²) in [6, 6.07) is 9.90. The molecule has 5 heteroatoms. The molecule has 1 atom stereocenters. The Bertz CT molecular complexity index is 765. The van der Waals surface area contributed by atoms with Gasteiger partial charge in [-0.1, -0.05) is 49.1 Å². The molecule has 2 fully saturated rings. The topological polar surface area (TPSA) is 46.5 Å². The molecule has 1 saturated heterocycles. The molecule has 0 bridgehead atoms. The molecule has 0 aromatic heterocycles. The van der Waals surface area contributed by atoms with Gasteiger partial charge < -0.3 is 22.3 Å². The van der Waals surface area contributed by atoms with Crippen molar-refractivity contribution in [3.05, 3.63) is 35.9 Å². The van der Waals surface area contributed by atoms with Crippen molar-refractivity contribution in [3.63, 3.8) is 0 Å². The molecule has 1 aromatic carbocycles. The fourth-order valence-corrected chi connectivity index (χ4v) is 4.72. The van der Waals surface area contributed by atoms with Crippen LogP contribution in [0.3, 0.4) is 0 Å². The minimum absolute atomic E-state index is 0. The fourth-order valence-electron chi connectivity index (χ4n) is 4.72. The number of halogens is 1. The average Bonchev–Trinajstić information content (AvgIpc) is 3.28. The van der Waals surface area contributed by atoms with Gasteiger partial charge in [-0.05, 0) is 64.4 Å². The highest BCUT2D eigenvalue weighted by atomic mass is 35.5. The molecule has 0 spiro atoms. The van der Waals surface area contributed by atoms with Crippen LogP contribution in [0, 0.1) is 23.2 Å². The van der Waals surface area contributed by atoms with Crippen molar-refractivity contribution in [1.29, 1.82) is 0 Å². The van der Waals surface area contributed by atoms with Gasteiger partial charge in [-0.15, -0.1) is 0 Å². The normalized spacial score (nSPS) is 20.6. The number of carbonyl (C=O) groups excluding carboxylic acids is 1. The van der Waals surface area contributed by atoms with Gasteiger partial charge in [0.15, 0.2) is 5.60 Å². The van der Waals surface area contributed by atoms with E-state index < -0.39 is 11.0 Å². The molecule has 172 valence electrons. The van der Waals surface area contributed by atoms with Crippen molar-refractivity contribution in [3.8, 4) is 11.8 Å². The summed E-state index contributed by atoms with van der Waals surface area (Å²) >= 11 is 0. The minimum Gasteiger partial charge on any atom is -1.00 e. The monoisotopic (exact) mass is 447 g/mol. The van der Waals surface area contributed by atoms with E-state index in [1.54, 1.807) is 0 Å². The smallest absolute Gasteiger partial charge is 0.315 e. The molecule has 0 radical (unpaired) electrons. The minimum atomic E-state index is -1.10. The Hall–Kier alpha value is -1.54. The molecule has 31 heavy (non-hydrogen) atoms. The first-order valence-electron chi connectivity index (χ1n) is 11.6. The van der Waals surface area contributed by atoms with Gasteiger partial charge in [0.1, 0.15) is 6.54 Å². The summed E-state index contributed by atoms with van der Waals surface area (Å²) < 4.78 is 6.40. The maximum Gasteiger partial charge on any atom is 0.315 e. The lowest BCUT2D eigenvalue weighted by Crippen LogP contribution is -3.00. The van der Waals surface area contributed by atoms with Gasteiger partial charge in [0.25, 0.3) is 0 Å². The van der Waals surface area contributed by atoms with Crippen LogP contribution in [0.2, 0.25) is 0 Å². The highest BCUT2D eigenvalue weighted by Crippen LogP contribution is 2.40. The Morgan fingerprint density at radius 2 is 1.68 bits per heavy atom. The molecule has 1 aliphatic heterocycles. The number of benzene rings is 1. The number of rotatable bonds is 5. The highest BCUT2D eigenvalue weighted by Gasteiger charge is 2.39. The largest absolute Gasteiger partial charge is 1.00 e. The van der Waals surface area contributed by atoms with Crippen molar-refractivity contribution in [2.24, 2.45) is 11.3 Å². The van der Waals surface area contributed by atoms with Crippen LogP contribution in [0.15, 0.2) is 30.3 Å². The Balaban J connectivity index is 0.00000341. The van der Waals surface area contributed by atoms with Gasteiger partial charge in [-0.2, -0.15) is 0 Å². The van der Waals surface area contributed by atoms with E-state index in [9.17, 15) is 9.90 Å². The van der Waals surface area contributed by atoms with Gasteiger partial charge >= 0.3 is 5.97 Å². The number of nitrogens with zero attached hydrogens (tertiary/aromatic N) is 1. The quantitative estimate of drug-likeness (QED) is 0.424. The van der Waals surface area contributed by atoms with Crippen LogP contribution in [0.1, 0.15) is 71.3 Å². The van der Waals surface area contributed by atoms with Crippen LogP contribution in [-0.4, -0.2) is 41.9 Å². The van der Waals surface area contributed by atoms with E-state index in [0.29, 0.717) is 17.8 Å². The molecule has 0 amide bonds. The van der Waals surface area contributed by atoms with Crippen molar-refractivity contribution in [1.82, 2.24) is 0 Å². The van der Waals surface area contributed by atoms with Crippen molar-refractivity contribution in [2.75, 3.05) is 26.4 Å². The van der Waals surface area contributed by atoms with Crippen LogP contribution >= 0.6 is 0 Å². The number of ether oxygens (including phenoxy) is 1. The van der Waals surface area contributed by atoms with E-state index in [1.165, 1.54) is 6.42 Å². The highest BCUT2D eigenvalue weighted by molar-refractivity contribution is 5.75. The summed E-state index contributed by atoms with van der Waals surface area (Å²) in [5.74, 6) is 6.67. The van der Waals surface area contributed by atoms with E-state index >= 15 is 0 Å². The molecular formula is C26H38ClNO3. The van der Waals surface area contributed by atoms with Crippen molar-refractivity contribution >= 4 is 5.97 Å². The predicted octanol–water partition coefficient (Wildman–Crippen LogP) is 1.62. The molecule has 1 heterocycles. The fraction of sp³-hybridized carbons (Fsp3) is 0.654. The first-order valence-corrected chi connectivity index (χ1v) is 11.6. The molecule has 1 saturated carbocycles. The third-order valence-electron chi connectivity index (χ3n) is 6.70. The standard InChI is InChI=1S/C26H38NO3.ClH/c1-25(2,3)24(28)30-21-27(18-10-5-11-19-27)20-12-17-26(29,23-15-8-9-16-23)22-13-6-4-7-14-22;/h4,6-7,13-14,23,29H,5,8-11,15-16,18-21H2,1-3H3;1H/q+1;/p-1. The molecular weight excluding hydrogens is 410 g/mol. The average molecular weight is 448 g/mol. The molecule has 3 rings (SSSR count). The summed E-state index contributed by atoms with van der Waals surface area (Å²) in [6.07, 6.45) is 7.82. The SMILES string of the molecule is CC(C)(C)C(=O)OC[N+]1(CC#CC(O)(c2ccccc2)C2CCCC2)CCCCC1.[Cl-]. The Labute approximate surface area is 194 Å². The Kier molecular flexibility index (Phi) is 9.01. The van der Waals surface area contributed by atoms with Crippen molar-refractivity contribution < 1.29 is 31.5 Å². The van der Waals surface area contributed by atoms with Gasteiger partial charge in [0, 0.05) is 5.92 Å². The lowest BCUT2D eigenvalue weighted by atomic mass is 9.80. The first kappa shape index (κ1) is 25.7. The van der Waals surface area contributed by atoms with E-state index in [4.69, 9.17) is 4.74 Å². The molecule has 4 nitrogen and oxygen atoms in total. The lowest BCUT2D eigenvalue weighted by molar-refractivity contribution is -0.941. The molecule has 1 aromatic rings. The first-order chi connectivity index (χ1) is 14.3. The second-order valence-electron chi connectivity index (χ2n) is 10.2. The van der Waals surface area contributed by atoms with Gasteiger partial charge in [0.05, 0.1) is 18.5 Å². The van der Waals surface area contributed by atoms with Gasteiger partial charge in [0.2, 0.25) is 6.73 Å². The summed E-state index contributed by atoms with van der Waals surface area (Å²) in [5.41, 5.74) is -0.699. The zero-order valence-electron chi connectivity index (χ0n) is 19.3. The number of piperidine rings is 1. The summed E-state index contributed by atoms with van der Waals surface area (Å²) in [5, 5.41) is 11.7. The number of quaternary nitrogens is 1. The third kappa shape index (κ3) is 6.48. The van der Waals surface area contributed by atoms with Crippen LogP contribution < -0.4 is 12.4 Å². The number of likely N-dealkylation sites (tertiary alicyclic amines) is 1. The zero-order valence-corrected chi connectivity index (χ0v) is 20.1. The zero-order chi connectivity index (χ0) is 21.7. The Morgan fingerprint density at radius 3 is 2.26 bits per heavy atom. The van der Waals surface area contributed by atoms with Gasteiger partial charge in [-0.3, -0.25) is 9.28 Å². The van der Waals surface area contributed by atoms with E-state index in [0.717, 1.165) is 57.2 Å². The number of hydrogen-bond donors (Lipinski definition) is 1. The molecule has 1 aliphatic carbocycles. The summed E-state index contributed by atoms with van der Waals surface area (Å²) in [4.78, 5) is 12.3. The summed E-state index contributed by atoms with van der Waals surface area (Å²) in [6.45, 7) is 8.58. The van der Waals surface area contributed by atoms with Crippen LogP contribution in [0.25, 0.3) is 0 Å². The van der Waals surface area contributed by atoms with E-state index in [1.807, 2.05) is 51.1 Å². The molecule has 1 unspecified atom stereocenters. The number of carbonyl (C=O) groups is 1. The van der Waals surface area contributed by atoms with E-state index in [-0.39, 0.29) is 24.3 Å². The Morgan fingerprint density at radius 1 is 1.06 bits per heavy atom. The van der Waals surface area contributed by atoms with Crippen LogP contribution in [0.4, 0.5) is 0 Å². The molecule has 2 aliphatic rings. The lowest BCUT2D eigenvalue weighted by Gasteiger charge is -2.39. The second kappa shape index (κ2) is 10.9. The van der Waals surface area contributed by atoms with Crippen LogP contribution in [-0.2, 0) is 15.1 Å². The summed E-state index contributed by atoms with van der Waals surface area (Å²) in [7, 11) is 0. The number of aliphatic hydroxyl groups is 1.